The highest BCUT2D eigenvalue weighted by molar-refractivity contribution is 6.01. The molecule has 4 aliphatic carbocycles. The Labute approximate surface area is 149 Å². The predicted octanol–water partition coefficient (Wildman–Crippen LogP) is 4.17. The fourth-order valence-electron chi connectivity index (χ4n) is 7.12. The molecule has 0 aromatic heterocycles. The van der Waals surface area contributed by atoms with Crippen molar-refractivity contribution in [3.05, 3.63) is 23.8 Å². The Balaban J connectivity index is 1.68. The predicted molar refractivity (Wildman–Crippen MR) is 93.4 cm³/mol. The third-order valence-electron chi connectivity index (χ3n) is 8.24. The van der Waals surface area contributed by atoms with Crippen molar-refractivity contribution in [2.75, 3.05) is 0 Å². The van der Waals surface area contributed by atoms with Crippen molar-refractivity contribution < 1.29 is 19.7 Å². The van der Waals surface area contributed by atoms with Crippen LogP contribution in [-0.2, 0) is 14.5 Å². The first-order chi connectivity index (χ1) is 11.8. The summed E-state index contributed by atoms with van der Waals surface area (Å²) in [7, 11) is 0. The van der Waals surface area contributed by atoms with E-state index in [1.54, 1.807) is 6.08 Å². The molecule has 4 heteroatoms. The van der Waals surface area contributed by atoms with Gasteiger partial charge in [0.1, 0.15) is 0 Å². The van der Waals surface area contributed by atoms with Crippen molar-refractivity contribution in [3.8, 4) is 0 Å². The van der Waals surface area contributed by atoms with Crippen LogP contribution in [0.4, 0.5) is 0 Å². The van der Waals surface area contributed by atoms with Gasteiger partial charge in [0, 0.05) is 5.41 Å². The second-order valence-electron chi connectivity index (χ2n) is 9.25. The van der Waals surface area contributed by atoms with Crippen molar-refractivity contribution in [2.45, 2.75) is 52.9 Å². The summed E-state index contributed by atoms with van der Waals surface area (Å²) in [6.45, 7) is 6.64. The zero-order valence-corrected chi connectivity index (χ0v) is 15.3. The van der Waals surface area contributed by atoms with Crippen molar-refractivity contribution in [1.29, 1.82) is 0 Å². The van der Waals surface area contributed by atoms with E-state index in [4.69, 9.17) is 5.26 Å². The molecule has 0 heterocycles. The van der Waals surface area contributed by atoms with Gasteiger partial charge in [0.05, 0.1) is 5.92 Å². The quantitative estimate of drug-likeness (QED) is 0.573. The molecule has 136 valence electrons. The van der Waals surface area contributed by atoms with Crippen LogP contribution in [0.3, 0.4) is 0 Å². The molecule has 25 heavy (non-hydrogen) atoms. The van der Waals surface area contributed by atoms with E-state index in [1.807, 2.05) is 6.08 Å². The molecule has 0 bridgehead atoms. The molecule has 1 N–H and O–H groups in total. The van der Waals surface area contributed by atoms with Gasteiger partial charge in [0.2, 0.25) is 0 Å². The van der Waals surface area contributed by atoms with Crippen molar-refractivity contribution in [1.82, 2.24) is 0 Å². The SMILES string of the molecule is CC1C[C@H]2[C@@H]3CCC4=CC(=O)C=C[C@]4(C)[C@H]3CC[C@]2(C)C1C(=O)OO. The molecular weight excluding hydrogens is 316 g/mol. The largest absolute Gasteiger partial charge is 0.345 e. The number of hydrogen-bond acceptors (Lipinski definition) is 4. The topological polar surface area (TPSA) is 63.6 Å². The summed E-state index contributed by atoms with van der Waals surface area (Å²) < 4.78 is 0. The fourth-order valence-corrected chi connectivity index (χ4v) is 7.12. The van der Waals surface area contributed by atoms with Crippen LogP contribution in [0.2, 0.25) is 0 Å². The van der Waals surface area contributed by atoms with Gasteiger partial charge in [-0.15, -0.1) is 0 Å². The zero-order valence-electron chi connectivity index (χ0n) is 15.3. The van der Waals surface area contributed by atoms with E-state index in [0.29, 0.717) is 17.8 Å². The smallest absolute Gasteiger partial charge is 0.301 e. The summed E-state index contributed by atoms with van der Waals surface area (Å²) in [4.78, 5) is 28.2. The van der Waals surface area contributed by atoms with E-state index < -0.39 is 5.97 Å². The number of carbonyl (C=O) groups is 2. The normalized spacial score (nSPS) is 48.2. The lowest BCUT2D eigenvalue weighted by Crippen LogP contribution is -2.50. The Morgan fingerprint density at radius 1 is 1.28 bits per heavy atom. The third kappa shape index (κ3) is 2.22. The maximum absolute atomic E-state index is 12.2. The Hall–Kier alpha value is -1.42. The van der Waals surface area contributed by atoms with E-state index in [-0.39, 0.29) is 28.4 Å². The minimum Gasteiger partial charge on any atom is -0.301 e. The number of allylic oxidation sites excluding steroid dienone is 4. The van der Waals surface area contributed by atoms with E-state index in [9.17, 15) is 9.59 Å². The number of carbonyl (C=O) groups excluding carboxylic acids is 2. The maximum atomic E-state index is 12.2. The summed E-state index contributed by atoms with van der Waals surface area (Å²) in [6.07, 6.45) is 10.9. The highest BCUT2D eigenvalue weighted by atomic mass is 17.1. The van der Waals surface area contributed by atoms with E-state index in [1.165, 1.54) is 5.57 Å². The monoisotopic (exact) mass is 344 g/mol. The van der Waals surface area contributed by atoms with Gasteiger partial charge in [-0.2, -0.15) is 5.26 Å². The Morgan fingerprint density at radius 3 is 2.76 bits per heavy atom. The lowest BCUT2D eigenvalue weighted by atomic mass is 9.48. The van der Waals surface area contributed by atoms with Crippen molar-refractivity contribution >= 4 is 11.8 Å². The highest BCUT2D eigenvalue weighted by Crippen LogP contribution is 2.67. The van der Waals surface area contributed by atoms with Crippen LogP contribution in [0.15, 0.2) is 23.8 Å². The van der Waals surface area contributed by atoms with Crippen molar-refractivity contribution in [2.24, 2.45) is 40.4 Å². The molecule has 0 radical (unpaired) electrons. The van der Waals surface area contributed by atoms with Gasteiger partial charge < -0.3 is 4.89 Å². The van der Waals surface area contributed by atoms with Gasteiger partial charge in [-0.05, 0) is 73.3 Å². The molecule has 4 nitrogen and oxygen atoms in total. The lowest BCUT2D eigenvalue weighted by molar-refractivity contribution is -0.244. The third-order valence-corrected chi connectivity index (χ3v) is 8.24. The van der Waals surface area contributed by atoms with Gasteiger partial charge in [-0.1, -0.05) is 32.4 Å². The highest BCUT2D eigenvalue weighted by Gasteiger charge is 2.62. The molecule has 0 spiro atoms. The molecule has 4 rings (SSSR count). The number of fused-ring (bicyclic) bond motifs is 5. The lowest BCUT2D eigenvalue weighted by Gasteiger charge is -2.56. The molecule has 3 fully saturated rings. The standard InChI is InChI=1S/C21H28O4/c1-12-10-17-15-5-4-13-11-14(22)6-8-20(13,2)16(15)7-9-21(17,3)18(12)19(23)25-24/h6,8,11-12,15-18,24H,4-5,7,9-10H2,1-3H3/t12?,15-,16+,17+,18?,20+,21+/m1/s1. The van der Waals surface area contributed by atoms with Crippen LogP contribution in [0, 0.1) is 40.4 Å². The van der Waals surface area contributed by atoms with Gasteiger partial charge in [0.25, 0.3) is 0 Å². The molecule has 7 atom stereocenters. The Bertz CT molecular complexity index is 677. The number of rotatable bonds is 1. The van der Waals surface area contributed by atoms with Crippen LogP contribution in [0.25, 0.3) is 0 Å². The molecule has 0 aromatic rings. The molecule has 0 aliphatic heterocycles. The molecule has 2 unspecified atom stereocenters. The van der Waals surface area contributed by atoms with Crippen LogP contribution in [-0.4, -0.2) is 17.0 Å². The van der Waals surface area contributed by atoms with Crippen LogP contribution in [0.1, 0.15) is 52.9 Å². The summed E-state index contributed by atoms with van der Waals surface area (Å²) in [6, 6.07) is 0. The van der Waals surface area contributed by atoms with Gasteiger partial charge >= 0.3 is 5.97 Å². The molecular formula is C21H28O4. The van der Waals surface area contributed by atoms with Crippen LogP contribution >= 0.6 is 0 Å². The van der Waals surface area contributed by atoms with Gasteiger partial charge in [-0.3, -0.25) is 4.79 Å². The second-order valence-corrected chi connectivity index (χ2v) is 9.25. The summed E-state index contributed by atoms with van der Waals surface area (Å²) in [5.74, 6) is 1.27. The van der Waals surface area contributed by atoms with Gasteiger partial charge in [-0.25, -0.2) is 4.79 Å². The zero-order chi connectivity index (χ0) is 18.0. The second kappa shape index (κ2) is 5.54. The van der Waals surface area contributed by atoms with Crippen LogP contribution in [0.5, 0.6) is 0 Å². The molecule has 0 saturated heterocycles. The molecule has 0 amide bonds. The molecule has 3 saturated carbocycles. The average Bonchev–Trinajstić information content (AvgIpc) is 2.85. The van der Waals surface area contributed by atoms with E-state index in [2.05, 4.69) is 31.7 Å². The fraction of sp³-hybridized carbons (Fsp3) is 0.714. The Morgan fingerprint density at radius 2 is 2.04 bits per heavy atom. The Kier molecular flexibility index (Phi) is 3.77. The summed E-state index contributed by atoms with van der Waals surface area (Å²) in [5.41, 5.74) is 1.19. The first kappa shape index (κ1) is 17.0. The van der Waals surface area contributed by atoms with Crippen molar-refractivity contribution in [3.63, 3.8) is 0 Å². The average molecular weight is 344 g/mol. The number of hydrogen-bond donors (Lipinski definition) is 1. The molecule has 4 aliphatic rings. The minimum absolute atomic E-state index is 0.0169. The first-order valence-corrected chi connectivity index (χ1v) is 9.61. The summed E-state index contributed by atoms with van der Waals surface area (Å²) in [5, 5.41) is 8.97. The summed E-state index contributed by atoms with van der Waals surface area (Å²) >= 11 is 0. The van der Waals surface area contributed by atoms with E-state index in [0.717, 1.165) is 32.1 Å². The van der Waals surface area contributed by atoms with E-state index >= 15 is 0 Å². The van der Waals surface area contributed by atoms with Gasteiger partial charge in [0.15, 0.2) is 5.78 Å². The maximum Gasteiger partial charge on any atom is 0.345 e. The van der Waals surface area contributed by atoms with Crippen LogP contribution < -0.4 is 0 Å². The minimum atomic E-state index is -0.457. The molecule has 0 aromatic carbocycles. The first-order valence-electron chi connectivity index (χ1n) is 9.61. The number of ketones is 1.